The Bertz CT molecular complexity index is 1290. The van der Waals surface area contributed by atoms with Crippen LogP contribution in [-0.4, -0.2) is 39.0 Å². The van der Waals surface area contributed by atoms with E-state index in [9.17, 15) is 9.59 Å². The maximum Gasteiger partial charge on any atom is 0.255 e. The first-order valence-electron chi connectivity index (χ1n) is 10.2. The third-order valence-electron chi connectivity index (χ3n) is 4.83. The van der Waals surface area contributed by atoms with Crippen molar-refractivity contribution in [2.24, 2.45) is 0 Å². The first kappa shape index (κ1) is 23.3. The van der Waals surface area contributed by atoms with Gasteiger partial charge in [0.05, 0.1) is 22.9 Å². The van der Waals surface area contributed by atoms with Gasteiger partial charge in [0.15, 0.2) is 5.82 Å². The second-order valence-corrected chi connectivity index (χ2v) is 9.39. The van der Waals surface area contributed by atoms with Crippen LogP contribution in [0.25, 0.3) is 10.7 Å². The number of nitrogen functional groups attached to an aromatic ring is 1. The number of methoxy groups -OCH3 is 1. The number of thiophene rings is 1. The van der Waals surface area contributed by atoms with Crippen molar-refractivity contribution in [1.82, 2.24) is 14.9 Å². The van der Waals surface area contributed by atoms with Crippen molar-refractivity contribution >= 4 is 46.3 Å². The summed E-state index contributed by atoms with van der Waals surface area (Å²) < 4.78 is 6.64. The first-order chi connectivity index (χ1) is 16.5. The van der Waals surface area contributed by atoms with Gasteiger partial charge in [-0.25, -0.2) is 4.68 Å². The average Bonchev–Trinajstić information content (AvgIpc) is 3.50. The van der Waals surface area contributed by atoms with Crippen LogP contribution in [-0.2, 0) is 4.79 Å². The van der Waals surface area contributed by atoms with Gasteiger partial charge < -0.3 is 21.2 Å². The monoisotopic (exact) mass is 494 g/mol. The summed E-state index contributed by atoms with van der Waals surface area (Å²) in [5.41, 5.74) is 1.59. The van der Waals surface area contributed by atoms with Gasteiger partial charge in [0.1, 0.15) is 5.75 Å². The topological polar surface area (TPSA) is 124 Å². The van der Waals surface area contributed by atoms with Crippen LogP contribution in [0.1, 0.15) is 17.3 Å². The molecule has 4 N–H and O–H groups in total. The summed E-state index contributed by atoms with van der Waals surface area (Å²) in [7, 11) is 1.54. The molecule has 0 radical (unpaired) electrons. The molecule has 0 saturated heterocycles. The Balaban J connectivity index is 1.36. The maximum atomic E-state index is 12.7. The van der Waals surface area contributed by atoms with Crippen molar-refractivity contribution in [2.75, 3.05) is 23.6 Å². The van der Waals surface area contributed by atoms with Gasteiger partial charge in [-0.1, -0.05) is 30.0 Å². The van der Waals surface area contributed by atoms with Crippen LogP contribution >= 0.6 is 23.1 Å². The van der Waals surface area contributed by atoms with Crippen molar-refractivity contribution in [3.63, 3.8) is 0 Å². The molecule has 0 aliphatic carbocycles. The fourth-order valence-electron chi connectivity index (χ4n) is 3.03. The minimum atomic E-state index is -0.476. The molecule has 1 unspecified atom stereocenters. The summed E-state index contributed by atoms with van der Waals surface area (Å²) in [5, 5.41) is 15.8. The predicted molar refractivity (Wildman–Crippen MR) is 135 cm³/mol. The van der Waals surface area contributed by atoms with Crippen LogP contribution in [0.2, 0.25) is 0 Å². The number of aromatic nitrogens is 3. The molecule has 0 aliphatic rings. The van der Waals surface area contributed by atoms with Crippen molar-refractivity contribution in [1.29, 1.82) is 0 Å². The summed E-state index contributed by atoms with van der Waals surface area (Å²) >= 11 is 2.72. The molecule has 0 bridgehead atoms. The normalized spacial score (nSPS) is 11.6. The van der Waals surface area contributed by atoms with Crippen LogP contribution in [0.5, 0.6) is 5.75 Å². The highest BCUT2D eigenvalue weighted by Gasteiger charge is 2.20. The molecule has 0 fully saturated rings. The average molecular weight is 495 g/mol. The predicted octanol–water partition coefficient (Wildman–Crippen LogP) is 4.10. The number of hydrogen-bond acceptors (Lipinski definition) is 8. The number of thioether (sulfide) groups is 1. The van der Waals surface area contributed by atoms with Gasteiger partial charge in [-0.2, -0.15) is 0 Å². The Kier molecular flexibility index (Phi) is 7.14. The van der Waals surface area contributed by atoms with E-state index in [1.807, 2.05) is 29.6 Å². The van der Waals surface area contributed by atoms with Crippen molar-refractivity contribution < 1.29 is 14.3 Å². The summed E-state index contributed by atoms with van der Waals surface area (Å²) in [5.74, 6) is 6.73. The zero-order chi connectivity index (χ0) is 24.1. The number of nitrogens with zero attached hydrogens (tertiary/aromatic N) is 3. The lowest BCUT2D eigenvalue weighted by molar-refractivity contribution is -0.115. The first-order valence-corrected chi connectivity index (χ1v) is 12.0. The Labute approximate surface area is 204 Å². The zero-order valence-corrected chi connectivity index (χ0v) is 20.0. The molecule has 2 amide bonds. The van der Waals surface area contributed by atoms with E-state index in [2.05, 4.69) is 20.8 Å². The number of amides is 2. The number of rotatable bonds is 8. The molecule has 0 aliphatic heterocycles. The Morgan fingerprint density at radius 3 is 2.53 bits per heavy atom. The van der Waals surface area contributed by atoms with Crippen molar-refractivity contribution in [3.05, 3.63) is 71.6 Å². The molecule has 0 saturated carbocycles. The van der Waals surface area contributed by atoms with Crippen LogP contribution < -0.4 is 21.2 Å². The van der Waals surface area contributed by atoms with Gasteiger partial charge in [0.25, 0.3) is 5.91 Å². The number of carbonyl (C=O) groups excluding carboxylic acids is 2. The fourth-order valence-corrected chi connectivity index (χ4v) is 4.51. The molecule has 2 aromatic carbocycles. The maximum absolute atomic E-state index is 12.7. The Hall–Kier alpha value is -3.83. The summed E-state index contributed by atoms with van der Waals surface area (Å²) in [6.45, 7) is 1.76. The number of carbonyl (C=O) groups is 2. The number of anilines is 2. The molecule has 174 valence electrons. The van der Waals surface area contributed by atoms with E-state index in [4.69, 9.17) is 10.6 Å². The number of ether oxygens (including phenoxy) is 1. The Morgan fingerprint density at radius 1 is 1.06 bits per heavy atom. The van der Waals surface area contributed by atoms with E-state index in [1.54, 1.807) is 50.4 Å². The lowest BCUT2D eigenvalue weighted by Crippen LogP contribution is -2.23. The molecule has 2 heterocycles. The number of nitrogens with one attached hydrogen (secondary N) is 2. The van der Waals surface area contributed by atoms with Crippen LogP contribution in [0.15, 0.2) is 71.2 Å². The van der Waals surface area contributed by atoms with Crippen molar-refractivity contribution in [3.8, 4) is 16.5 Å². The number of nitrogens with two attached hydrogens (primary N) is 1. The zero-order valence-electron chi connectivity index (χ0n) is 18.4. The van der Waals surface area contributed by atoms with Gasteiger partial charge in [-0.3, -0.25) is 9.59 Å². The molecule has 11 heteroatoms. The van der Waals surface area contributed by atoms with E-state index >= 15 is 0 Å². The van der Waals surface area contributed by atoms with E-state index in [1.165, 1.54) is 27.8 Å². The molecule has 4 rings (SSSR count). The van der Waals surface area contributed by atoms with E-state index < -0.39 is 5.25 Å². The molecule has 2 aromatic heterocycles. The Morgan fingerprint density at radius 2 is 1.82 bits per heavy atom. The minimum Gasteiger partial charge on any atom is -0.495 e. The SMILES string of the molecule is COc1ccccc1NC(=O)c1ccc(NC(=O)C(C)Sc2nnc(-c3cccs3)n2N)cc1. The van der Waals surface area contributed by atoms with Crippen LogP contribution in [0, 0.1) is 0 Å². The van der Waals surface area contributed by atoms with Crippen LogP contribution in [0.4, 0.5) is 11.4 Å². The highest BCUT2D eigenvalue weighted by atomic mass is 32.2. The second-order valence-electron chi connectivity index (χ2n) is 7.13. The fraction of sp³-hybridized carbons (Fsp3) is 0.130. The second kappa shape index (κ2) is 10.4. The standard InChI is InChI=1S/C23H22N6O3S2/c1-14(34-23-28-27-20(29(23)24)19-8-5-13-33-19)21(30)25-16-11-9-15(10-12-16)22(31)26-17-6-3-4-7-18(17)32-2/h3-14H,24H2,1-2H3,(H,25,30)(H,26,31). The lowest BCUT2D eigenvalue weighted by Gasteiger charge is -2.12. The van der Waals surface area contributed by atoms with Crippen molar-refractivity contribution in [2.45, 2.75) is 17.3 Å². The molecular weight excluding hydrogens is 472 g/mol. The van der Waals surface area contributed by atoms with E-state index in [0.717, 1.165) is 4.88 Å². The quantitative estimate of drug-likeness (QED) is 0.249. The van der Waals surface area contributed by atoms with E-state index in [-0.39, 0.29) is 11.8 Å². The third-order valence-corrected chi connectivity index (χ3v) is 6.75. The van der Waals surface area contributed by atoms with Gasteiger partial charge in [-0.15, -0.1) is 21.5 Å². The lowest BCUT2D eigenvalue weighted by atomic mass is 10.2. The number of para-hydroxylation sites is 2. The highest BCUT2D eigenvalue weighted by Crippen LogP contribution is 2.28. The summed E-state index contributed by atoms with van der Waals surface area (Å²) in [4.78, 5) is 26.1. The smallest absolute Gasteiger partial charge is 0.255 e. The molecular formula is C23H22N6O3S2. The van der Waals surface area contributed by atoms with Crippen LogP contribution in [0.3, 0.4) is 0 Å². The number of hydrogen-bond donors (Lipinski definition) is 3. The largest absolute Gasteiger partial charge is 0.495 e. The third kappa shape index (κ3) is 5.21. The molecule has 4 aromatic rings. The number of benzene rings is 2. The highest BCUT2D eigenvalue weighted by molar-refractivity contribution is 8.00. The summed E-state index contributed by atoms with van der Waals surface area (Å²) in [6.07, 6.45) is 0. The van der Waals surface area contributed by atoms with E-state index in [0.29, 0.717) is 33.7 Å². The van der Waals surface area contributed by atoms with Gasteiger partial charge in [0, 0.05) is 11.3 Å². The summed E-state index contributed by atoms with van der Waals surface area (Å²) in [6, 6.07) is 17.6. The molecule has 34 heavy (non-hydrogen) atoms. The van der Waals surface area contributed by atoms with Gasteiger partial charge in [-0.05, 0) is 54.8 Å². The molecule has 0 spiro atoms. The molecule has 9 nitrogen and oxygen atoms in total. The minimum absolute atomic E-state index is 0.225. The molecule has 1 atom stereocenters. The van der Waals surface area contributed by atoms with Gasteiger partial charge >= 0.3 is 0 Å². The van der Waals surface area contributed by atoms with Gasteiger partial charge in [0.2, 0.25) is 11.1 Å².